The molecule has 6 nitrogen and oxygen atoms in total. The van der Waals surface area contributed by atoms with Gasteiger partial charge >= 0.3 is 5.69 Å². The Morgan fingerprint density at radius 1 is 1.37 bits per heavy atom. The first-order valence-electron chi connectivity index (χ1n) is 5.33. The fraction of sp³-hybridized carbons (Fsp3) is 0.0833. The summed E-state index contributed by atoms with van der Waals surface area (Å²) < 4.78 is 18.2. The van der Waals surface area contributed by atoms with Crippen LogP contribution in [-0.4, -0.2) is 9.91 Å². The van der Waals surface area contributed by atoms with Gasteiger partial charge in [-0.15, -0.1) is 0 Å². The standard InChI is InChI=1S/C12H10FN3O3/c13-9-1-2-11(10(6-9)16(17)18)19-7-8-3-4-15-12(14)5-8/h1-6H,7H2,(H2,14,15). The first kappa shape index (κ1) is 12.7. The van der Waals surface area contributed by atoms with Crippen LogP contribution in [0.3, 0.4) is 0 Å². The number of rotatable bonds is 4. The van der Waals surface area contributed by atoms with Gasteiger partial charge < -0.3 is 10.5 Å². The molecule has 7 heteroatoms. The van der Waals surface area contributed by atoms with E-state index in [-0.39, 0.29) is 12.4 Å². The fourth-order valence-electron chi connectivity index (χ4n) is 1.50. The third-order valence-electron chi connectivity index (χ3n) is 2.36. The van der Waals surface area contributed by atoms with Gasteiger partial charge in [-0.2, -0.15) is 0 Å². The van der Waals surface area contributed by atoms with Gasteiger partial charge in [0.05, 0.1) is 11.0 Å². The molecule has 0 radical (unpaired) electrons. The number of benzene rings is 1. The monoisotopic (exact) mass is 263 g/mol. The van der Waals surface area contributed by atoms with Crippen molar-refractivity contribution in [2.45, 2.75) is 6.61 Å². The lowest BCUT2D eigenvalue weighted by Gasteiger charge is -2.07. The minimum Gasteiger partial charge on any atom is -0.482 e. The van der Waals surface area contributed by atoms with Gasteiger partial charge in [0.25, 0.3) is 0 Å². The molecule has 0 amide bonds. The Bertz CT molecular complexity index is 619. The molecular weight excluding hydrogens is 253 g/mol. The van der Waals surface area contributed by atoms with Crippen LogP contribution in [0.15, 0.2) is 36.5 Å². The molecular formula is C12H10FN3O3. The molecule has 98 valence electrons. The van der Waals surface area contributed by atoms with Crippen LogP contribution in [0.4, 0.5) is 15.9 Å². The summed E-state index contributed by atoms with van der Waals surface area (Å²) in [6.07, 6.45) is 1.51. The van der Waals surface area contributed by atoms with E-state index in [0.29, 0.717) is 11.4 Å². The highest BCUT2D eigenvalue weighted by Gasteiger charge is 2.16. The SMILES string of the molecule is Nc1cc(COc2ccc(F)cc2[N+](=O)[O-])ccn1. The van der Waals surface area contributed by atoms with Gasteiger partial charge in [-0.3, -0.25) is 10.1 Å². The van der Waals surface area contributed by atoms with E-state index in [9.17, 15) is 14.5 Å². The average molecular weight is 263 g/mol. The molecule has 0 spiro atoms. The van der Waals surface area contributed by atoms with Crippen LogP contribution in [0, 0.1) is 15.9 Å². The molecule has 0 aliphatic carbocycles. The van der Waals surface area contributed by atoms with Crippen molar-refractivity contribution in [3.05, 3.63) is 58.0 Å². The summed E-state index contributed by atoms with van der Waals surface area (Å²) in [5, 5.41) is 10.8. The van der Waals surface area contributed by atoms with Crippen LogP contribution in [0.1, 0.15) is 5.56 Å². The minimum absolute atomic E-state index is 0.00165. The second-order valence-corrected chi connectivity index (χ2v) is 3.75. The highest BCUT2D eigenvalue weighted by molar-refractivity contribution is 5.46. The maximum atomic E-state index is 12.9. The molecule has 1 heterocycles. The Morgan fingerprint density at radius 2 is 2.16 bits per heavy atom. The van der Waals surface area contributed by atoms with E-state index in [0.717, 1.165) is 12.1 Å². The molecule has 0 atom stereocenters. The third-order valence-corrected chi connectivity index (χ3v) is 2.36. The molecule has 0 aliphatic rings. The van der Waals surface area contributed by atoms with Crippen LogP contribution in [0.5, 0.6) is 5.75 Å². The number of anilines is 1. The molecule has 19 heavy (non-hydrogen) atoms. The van der Waals surface area contributed by atoms with Crippen molar-refractivity contribution in [1.82, 2.24) is 4.98 Å². The van der Waals surface area contributed by atoms with Crippen molar-refractivity contribution in [3.8, 4) is 5.75 Å². The number of hydrogen-bond acceptors (Lipinski definition) is 5. The van der Waals surface area contributed by atoms with Crippen molar-refractivity contribution in [3.63, 3.8) is 0 Å². The largest absolute Gasteiger partial charge is 0.482 e. The summed E-state index contributed by atoms with van der Waals surface area (Å²) in [6.45, 7) is 0.0825. The van der Waals surface area contributed by atoms with Crippen LogP contribution < -0.4 is 10.5 Å². The number of nitro groups is 1. The Balaban J connectivity index is 2.17. The van der Waals surface area contributed by atoms with Gasteiger partial charge in [0.2, 0.25) is 0 Å². The first-order valence-corrected chi connectivity index (χ1v) is 5.33. The summed E-state index contributed by atoms with van der Waals surface area (Å²) in [5.41, 5.74) is 5.80. The third kappa shape index (κ3) is 3.15. The van der Waals surface area contributed by atoms with E-state index in [1.54, 1.807) is 12.1 Å². The van der Waals surface area contributed by atoms with E-state index in [2.05, 4.69) is 4.98 Å². The maximum Gasteiger partial charge on any atom is 0.313 e. The van der Waals surface area contributed by atoms with Crippen molar-refractivity contribution >= 4 is 11.5 Å². The van der Waals surface area contributed by atoms with E-state index >= 15 is 0 Å². The van der Waals surface area contributed by atoms with E-state index in [1.807, 2.05) is 0 Å². The molecule has 0 saturated heterocycles. The molecule has 0 saturated carbocycles. The van der Waals surface area contributed by atoms with Crippen LogP contribution in [-0.2, 0) is 6.61 Å². The number of aromatic nitrogens is 1. The number of pyridine rings is 1. The Labute approximate surface area is 107 Å². The van der Waals surface area contributed by atoms with Crippen LogP contribution >= 0.6 is 0 Å². The van der Waals surface area contributed by atoms with Gasteiger partial charge in [0.15, 0.2) is 5.75 Å². The summed E-state index contributed by atoms with van der Waals surface area (Å²) in [5.74, 6) is -0.358. The second-order valence-electron chi connectivity index (χ2n) is 3.75. The van der Waals surface area contributed by atoms with Gasteiger partial charge in [-0.25, -0.2) is 9.37 Å². The number of nitrogens with two attached hydrogens (primary N) is 1. The molecule has 2 N–H and O–H groups in total. The molecule has 1 aromatic heterocycles. The maximum absolute atomic E-state index is 12.9. The molecule has 0 unspecified atom stereocenters. The lowest BCUT2D eigenvalue weighted by Crippen LogP contribution is -2.01. The minimum atomic E-state index is -0.695. The number of halogens is 1. The number of hydrogen-bond donors (Lipinski definition) is 1. The zero-order valence-electron chi connectivity index (χ0n) is 9.75. The highest BCUT2D eigenvalue weighted by Crippen LogP contribution is 2.28. The van der Waals surface area contributed by atoms with E-state index < -0.39 is 16.4 Å². The van der Waals surface area contributed by atoms with Crippen molar-refractivity contribution in [2.75, 3.05) is 5.73 Å². The van der Waals surface area contributed by atoms with Gasteiger partial charge in [-0.1, -0.05) is 0 Å². The quantitative estimate of drug-likeness (QED) is 0.675. The normalized spacial score (nSPS) is 10.2. The van der Waals surface area contributed by atoms with E-state index in [1.165, 1.54) is 12.3 Å². The lowest BCUT2D eigenvalue weighted by molar-refractivity contribution is -0.386. The van der Waals surface area contributed by atoms with Crippen molar-refractivity contribution in [1.29, 1.82) is 0 Å². The summed E-state index contributed by atoms with van der Waals surface area (Å²) >= 11 is 0. The van der Waals surface area contributed by atoms with Gasteiger partial charge in [0, 0.05) is 6.20 Å². The Hall–Kier alpha value is -2.70. The molecule has 0 fully saturated rings. The van der Waals surface area contributed by atoms with Gasteiger partial charge in [-0.05, 0) is 29.8 Å². The Kier molecular flexibility index (Phi) is 3.56. The van der Waals surface area contributed by atoms with Crippen molar-refractivity contribution < 1.29 is 14.1 Å². The summed E-state index contributed by atoms with van der Waals surface area (Å²) in [6, 6.07) is 6.40. The zero-order chi connectivity index (χ0) is 13.8. The fourth-order valence-corrected chi connectivity index (χ4v) is 1.50. The first-order chi connectivity index (χ1) is 9.06. The molecule has 0 bridgehead atoms. The predicted octanol–water partition coefficient (Wildman–Crippen LogP) is 2.29. The number of ether oxygens (including phenoxy) is 1. The number of nitrogen functional groups attached to an aromatic ring is 1. The lowest BCUT2D eigenvalue weighted by atomic mass is 10.2. The zero-order valence-corrected chi connectivity index (χ0v) is 9.75. The van der Waals surface area contributed by atoms with Crippen LogP contribution in [0.25, 0.3) is 0 Å². The van der Waals surface area contributed by atoms with Crippen LogP contribution in [0.2, 0.25) is 0 Å². The summed E-state index contributed by atoms with van der Waals surface area (Å²) in [7, 11) is 0. The van der Waals surface area contributed by atoms with Gasteiger partial charge in [0.1, 0.15) is 18.2 Å². The summed E-state index contributed by atoms with van der Waals surface area (Å²) in [4.78, 5) is 13.9. The van der Waals surface area contributed by atoms with Crippen molar-refractivity contribution in [2.24, 2.45) is 0 Å². The molecule has 2 rings (SSSR count). The Morgan fingerprint density at radius 3 is 2.84 bits per heavy atom. The number of nitro benzene ring substituents is 1. The predicted molar refractivity (Wildman–Crippen MR) is 66.0 cm³/mol. The molecule has 0 aliphatic heterocycles. The molecule has 2 aromatic rings. The topological polar surface area (TPSA) is 91.3 Å². The molecule has 1 aromatic carbocycles. The second kappa shape index (κ2) is 5.30. The van der Waals surface area contributed by atoms with E-state index in [4.69, 9.17) is 10.5 Å². The average Bonchev–Trinajstić information content (AvgIpc) is 2.37. The number of nitrogens with zero attached hydrogens (tertiary/aromatic N) is 2. The smallest absolute Gasteiger partial charge is 0.313 e. The highest BCUT2D eigenvalue weighted by atomic mass is 19.1.